The molecule has 9 nitrogen and oxygen atoms in total. The van der Waals surface area contributed by atoms with E-state index in [1.54, 1.807) is 10.9 Å². The lowest BCUT2D eigenvalue weighted by Crippen LogP contribution is -2.33. The second-order valence-electron chi connectivity index (χ2n) is 10.9. The van der Waals surface area contributed by atoms with E-state index in [1.807, 2.05) is 52.9 Å². The highest BCUT2D eigenvalue weighted by Crippen LogP contribution is 2.30. The number of rotatable bonds is 10. The van der Waals surface area contributed by atoms with Crippen LogP contribution in [0.1, 0.15) is 64.7 Å². The van der Waals surface area contributed by atoms with E-state index >= 15 is 4.39 Å². The lowest BCUT2D eigenvalue weighted by atomic mass is 9.90. The second-order valence-corrected chi connectivity index (χ2v) is 10.9. The number of esters is 1. The number of amides is 1. The summed E-state index contributed by atoms with van der Waals surface area (Å²) in [7, 11) is 1.83. The maximum Gasteiger partial charge on any atom is 0.306 e. The molecule has 0 saturated heterocycles. The van der Waals surface area contributed by atoms with Crippen molar-refractivity contribution in [3.05, 3.63) is 41.8 Å². The van der Waals surface area contributed by atoms with Crippen LogP contribution in [0.25, 0.3) is 10.9 Å². The summed E-state index contributed by atoms with van der Waals surface area (Å²) in [4.78, 5) is 29.0. The van der Waals surface area contributed by atoms with Crippen LogP contribution in [0.3, 0.4) is 0 Å². The Bertz CT molecular complexity index is 1280. The van der Waals surface area contributed by atoms with E-state index in [1.165, 1.54) is 0 Å². The summed E-state index contributed by atoms with van der Waals surface area (Å²) in [6, 6.07) is 6.38. The Labute approximate surface area is 217 Å². The van der Waals surface area contributed by atoms with Crippen molar-refractivity contribution in [1.29, 1.82) is 0 Å². The van der Waals surface area contributed by atoms with E-state index in [4.69, 9.17) is 10.5 Å². The van der Waals surface area contributed by atoms with Gasteiger partial charge in [-0.3, -0.25) is 14.3 Å². The van der Waals surface area contributed by atoms with Crippen LogP contribution in [0.5, 0.6) is 0 Å². The molecule has 1 aromatic carbocycles. The molecule has 0 saturated carbocycles. The normalized spacial score (nSPS) is 13.4. The number of anilines is 3. The monoisotopic (exact) mass is 512 g/mol. The van der Waals surface area contributed by atoms with Crippen LogP contribution in [0.4, 0.5) is 21.7 Å². The number of aromatic nitrogens is 3. The first-order valence-corrected chi connectivity index (χ1v) is 12.4. The first kappa shape index (κ1) is 27.9. The van der Waals surface area contributed by atoms with Gasteiger partial charge in [0.1, 0.15) is 11.4 Å². The van der Waals surface area contributed by atoms with Crippen molar-refractivity contribution >= 4 is 40.1 Å². The number of primary amides is 1. The Kier molecular flexibility index (Phi) is 8.40. The van der Waals surface area contributed by atoms with Crippen molar-refractivity contribution in [2.24, 2.45) is 24.6 Å². The van der Waals surface area contributed by atoms with E-state index in [9.17, 15) is 9.59 Å². The number of ether oxygens (including phenoxy) is 1. The van der Waals surface area contributed by atoms with Crippen LogP contribution >= 0.6 is 0 Å². The molecule has 0 unspecified atom stereocenters. The first-order chi connectivity index (χ1) is 17.2. The van der Waals surface area contributed by atoms with Gasteiger partial charge in [-0.2, -0.15) is 5.10 Å². The number of hydrogen-bond acceptors (Lipinski definition) is 7. The van der Waals surface area contributed by atoms with Crippen LogP contribution in [-0.4, -0.2) is 38.3 Å². The molecular formula is C27H37FN6O3. The van der Waals surface area contributed by atoms with Crippen LogP contribution in [-0.2, 0) is 16.6 Å². The highest BCUT2D eigenvalue weighted by Gasteiger charge is 2.26. The smallest absolute Gasteiger partial charge is 0.306 e. The Morgan fingerprint density at radius 1 is 1.19 bits per heavy atom. The number of nitrogens with zero attached hydrogens (tertiary/aromatic N) is 3. The third-order valence-corrected chi connectivity index (χ3v) is 5.93. The summed E-state index contributed by atoms with van der Waals surface area (Å²) in [6.07, 6.45) is 2.53. The molecule has 0 aliphatic carbocycles. The average molecular weight is 513 g/mol. The third-order valence-electron chi connectivity index (χ3n) is 5.93. The molecule has 3 rings (SSSR count). The molecule has 3 aromatic rings. The molecule has 10 heteroatoms. The number of hydrogen-bond donors (Lipinski definition) is 3. The molecule has 2 heterocycles. The van der Waals surface area contributed by atoms with Crippen molar-refractivity contribution < 1.29 is 18.7 Å². The zero-order chi connectivity index (χ0) is 27.5. The van der Waals surface area contributed by atoms with Crippen molar-refractivity contribution in [2.75, 3.05) is 10.6 Å². The highest BCUT2D eigenvalue weighted by atomic mass is 19.1. The standard InChI is InChI=1S/C27H37FN6O3/c1-15(2)11-21(16(3)12-23(35)37-27(4,5)6)32-26-19(28)13-17(24(29)36)25(33-26)31-20-9-8-10-22-18(20)14-30-34(22)7/h8-10,13-16,21H,11-12H2,1-7H3,(H2,29,36)(H2,31,32,33)/t16-,21-/m1/s1. The molecule has 0 aliphatic heterocycles. The number of pyridine rings is 1. The molecule has 200 valence electrons. The van der Waals surface area contributed by atoms with E-state index in [-0.39, 0.29) is 47.5 Å². The number of nitrogens with two attached hydrogens (primary N) is 1. The van der Waals surface area contributed by atoms with Crippen LogP contribution in [0.2, 0.25) is 0 Å². The summed E-state index contributed by atoms with van der Waals surface area (Å²) in [5, 5.41) is 11.4. The lowest BCUT2D eigenvalue weighted by molar-refractivity contribution is -0.156. The fourth-order valence-electron chi connectivity index (χ4n) is 4.19. The van der Waals surface area contributed by atoms with Crippen molar-refractivity contribution in [3.63, 3.8) is 0 Å². The van der Waals surface area contributed by atoms with Crippen molar-refractivity contribution in [3.8, 4) is 0 Å². The average Bonchev–Trinajstić information content (AvgIpc) is 3.15. The number of nitrogens with one attached hydrogen (secondary N) is 2. The van der Waals surface area contributed by atoms with Gasteiger partial charge in [0.2, 0.25) is 0 Å². The minimum absolute atomic E-state index is 0.0347. The predicted molar refractivity (Wildman–Crippen MR) is 143 cm³/mol. The summed E-state index contributed by atoms with van der Waals surface area (Å²) in [5.74, 6) is -1.65. The number of aryl methyl sites for hydroxylation is 1. The Morgan fingerprint density at radius 3 is 2.51 bits per heavy atom. The number of halogens is 1. The maximum absolute atomic E-state index is 15.2. The predicted octanol–water partition coefficient (Wildman–Crippen LogP) is 5.14. The fraction of sp³-hybridized carbons (Fsp3) is 0.481. The first-order valence-electron chi connectivity index (χ1n) is 12.4. The maximum atomic E-state index is 15.2. The largest absolute Gasteiger partial charge is 0.460 e. The van der Waals surface area contributed by atoms with Gasteiger partial charge in [-0.25, -0.2) is 9.37 Å². The molecule has 0 radical (unpaired) electrons. The third kappa shape index (κ3) is 7.18. The number of fused-ring (bicyclic) bond motifs is 1. The van der Waals surface area contributed by atoms with E-state index in [0.717, 1.165) is 17.0 Å². The Morgan fingerprint density at radius 2 is 1.89 bits per heavy atom. The summed E-state index contributed by atoms with van der Waals surface area (Å²) in [5.41, 5.74) is 6.41. The second kappa shape index (κ2) is 11.1. The molecular weight excluding hydrogens is 475 g/mol. The summed E-state index contributed by atoms with van der Waals surface area (Å²) >= 11 is 0. The minimum Gasteiger partial charge on any atom is -0.460 e. The fourth-order valence-corrected chi connectivity index (χ4v) is 4.19. The quantitative estimate of drug-likeness (QED) is 0.321. The van der Waals surface area contributed by atoms with Gasteiger partial charge in [0.05, 0.1) is 29.4 Å². The number of benzene rings is 1. The molecule has 37 heavy (non-hydrogen) atoms. The Hall–Kier alpha value is -3.69. The highest BCUT2D eigenvalue weighted by molar-refractivity contribution is 6.00. The molecule has 0 bridgehead atoms. The van der Waals surface area contributed by atoms with E-state index in [2.05, 4.69) is 34.6 Å². The van der Waals surface area contributed by atoms with Gasteiger partial charge in [0, 0.05) is 18.5 Å². The molecule has 0 spiro atoms. The van der Waals surface area contributed by atoms with Gasteiger partial charge in [0.15, 0.2) is 11.6 Å². The van der Waals surface area contributed by atoms with Gasteiger partial charge in [-0.1, -0.05) is 26.8 Å². The van der Waals surface area contributed by atoms with Gasteiger partial charge >= 0.3 is 5.97 Å². The SMILES string of the molecule is CC(C)C[C@@H](Nc1nc(Nc2cccc3c2cnn3C)c(C(N)=O)cc1F)[C@H](C)CC(=O)OC(C)(C)C. The van der Waals surface area contributed by atoms with Gasteiger partial charge < -0.3 is 21.1 Å². The molecule has 2 atom stereocenters. The van der Waals surface area contributed by atoms with E-state index in [0.29, 0.717) is 12.1 Å². The van der Waals surface area contributed by atoms with Gasteiger partial charge in [0.25, 0.3) is 5.91 Å². The zero-order valence-electron chi connectivity index (χ0n) is 22.6. The molecule has 0 fully saturated rings. The summed E-state index contributed by atoms with van der Waals surface area (Å²) in [6.45, 7) is 11.5. The van der Waals surface area contributed by atoms with Gasteiger partial charge in [-0.15, -0.1) is 0 Å². The van der Waals surface area contributed by atoms with Crippen LogP contribution < -0.4 is 16.4 Å². The van der Waals surface area contributed by atoms with Crippen molar-refractivity contribution in [2.45, 2.75) is 66.0 Å². The van der Waals surface area contributed by atoms with Crippen molar-refractivity contribution in [1.82, 2.24) is 14.8 Å². The molecule has 2 aromatic heterocycles. The van der Waals surface area contributed by atoms with E-state index < -0.39 is 17.3 Å². The molecule has 1 amide bonds. The topological polar surface area (TPSA) is 124 Å². The minimum atomic E-state index is -0.809. The zero-order valence-corrected chi connectivity index (χ0v) is 22.6. The number of carbonyl (C=O) groups is 2. The van der Waals surface area contributed by atoms with Crippen LogP contribution in [0.15, 0.2) is 30.5 Å². The Balaban J connectivity index is 1.93. The molecule has 4 N–H and O–H groups in total. The molecule has 0 aliphatic rings. The van der Waals surface area contributed by atoms with Gasteiger partial charge in [-0.05, 0) is 57.2 Å². The summed E-state index contributed by atoms with van der Waals surface area (Å²) < 4.78 is 22.4. The van der Waals surface area contributed by atoms with Crippen LogP contribution in [0, 0.1) is 17.7 Å². The number of carbonyl (C=O) groups excluding carboxylic acids is 2. The lowest BCUT2D eigenvalue weighted by Gasteiger charge is -2.28.